The van der Waals surface area contributed by atoms with E-state index < -0.39 is 12.6 Å². The topological polar surface area (TPSA) is 68.4 Å². The van der Waals surface area contributed by atoms with Gasteiger partial charge in [-0.3, -0.25) is 9.59 Å². The van der Waals surface area contributed by atoms with Gasteiger partial charge in [-0.15, -0.1) is 0 Å². The number of H-pyrrole nitrogens is 1. The number of aromatic amines is 1. The number of allylic oxidation sites excluding steroid dienone is 2. The molecule has 0 bridgehead atoms. The Labute approximate surface area is 221 Å². The van der Waals surface area contributed by atoms with Crippen LogP contribution >= 0.6 is 0 Å². The molecule has 1 fully saturated rings. The summed E-state index contributed by atoms with van der Waals surface area (Å²) in [6.07, 6.45) is 2.93. The quantitative estimate of drug-likeness (QED) is 0.540. The van der Waals surface area contributed by atoms with Gasteiger partial charge < -0.3 is 20.1 Å². The first-order chi connectivity index (χ1) is 18.2. The zero-order valence-corrected chi connectivity index (χ0v) is 22.2. The lowest BCUT2D eigenvalue weighted by Gasteiger charge is -2.40. The van der Waals surface area contributed by atoms with E-state index in [9.17, 15) is 22.8 Å². The average Bonchev–Trinajstić information content (AvgIpc) is 2.87. The molecule has 2 aliphatic heterocycles. The molecule has 0 saturated carbocycles. The van der Waals surface area contributed by atoms with E-state index in [2.05, 4.69) is 34.3 Å². The van der Waals surface area contributed by atoms with Crippen LogP contribution in [-0.2, 0) is 19.4 Å². The van der Waals surface area contributed by atoms with Crippen molar-refractivity contribution in [3.8, 4) is 0 Å². The molecule has 38 heavy (non-hydrogen) atoms. The second kappa shape index (κ2) is 12.2. The molecular formula is C29H37F3N4O2. The lowest BCUT2D eigenvalue weighted by molar-refractivity contribution is -0.138. The van der Waals surface area contributed by atoms with Crippen LogP contribution in [0.2, 0.25) is 0 Å². The molecule has 9 heteroatoms. The molecule has 206 valence electrons. The maximum atomic E-state index is 13.4. The van der Waals surface area contributed by atoms with Crippen molar-refractivity contribution in [1.82, 2.24) is 15.2 Å². The molecule has 2 N–H and O–H groups in total. The zero-order valence-electron chi connectivity index (χ0n) is 22.2. The number of pyridine rings is 1. The molecule has 2 aliphatic rings. The van der Waals surface area contributed by atoms with E-state index in [0.717, 1.165) is 54.7 Å². The SMILES string of the molecule is CCN(c1cccc2c1C/C=C/CCc1cc(C)[nH]c(=O)c1CNC2=O)C1CCN(CCC(F)(F)F)CC1. The van der Waals surface area contributed by atoms with E-state index in [-0.39, 0.29) is 30.6 Å². The lowest BCUT2D eigenvalue weighted by Crippen LogP contribution is -2.46. The summed E-state index contributed by atoms with van der Waals surface area (Å²) in [6.45, 7) is 6.11. The number of likely N-dealkylation sites (tertiary alicyclic amines) is 1. The highest BCUT2D eigenvalue weighted by atomic mass is 19.4. The minimum absolute atomic E-state index is 0.0412. The van der Waals surface area contributed by atoms with Crippen molar-refractivity contribution in [3.05, 3.63) is 74.7 Å². The predicted octanol–water partition coefficient (Wildman–Crippen LogP) is 4.90. The first-order valence-corrected chi connectivity index (χ1v) is 13.5. The Hall–Kier alpha value is -3.07. The predicted molar refractivity (Wildman–Crippen MR) is 144 cm³/mol. The molecule has 3 heterocycles. The van der Waals surface area contributed by atoms with E-state index >= 15 is 0 Å². The third-order valence-corrected chi connectivity index (χ3v) is 7.61. The van der Waals surface area contributed by atoms with Crippen molar-refractivity contribution in [2.45, 2.75) is 71.1 Å². The van der Waals surface area contributed by atoms with E-state index in [4.69, 9.17) is 0 Å². The van der Waals surface area contributed by atoms with Crippen molar-refractivity contribution in [1.29, 1.82) is 0 Å². The number of hydrogen-bond acceptors (Lipinski definition) is 4. The Morgan fingerprint density at radius 1 is 1.11 bits per heavy atom. The summed E-state index contributed by atoms with van der Waals surface area (Å²) in [6, 6.07) is 7.91. The number of hydrogen-bond donors (Lipinski definition) is 2. The molecule has 0 aliphatic carbocycles. The number of nitrogens with one attached hydrogen (secondary N) is 2. The Morgan fingerprint density at radius 2 is 1.87 bits per heavy atom. The van der Waals surface area contributed by atoms with Crippen LogP contribution in [0, 0.1) is 6.92 Å². The molecular weight excluding hydrogens is 493 g/mol. The number of nitrogens with zero attached hydrogens (tertiary/aromatic N) is 2. The van der Waals surface area contributed by atoms with Gasteiger partial charge >= 0.3 is 6.18 Å². The zero-order chi connectivity index (χ0) is 27.3. The first-order valence-electron chi connectivity index (χ1n) is 13.5. The number of amides is 1. The number of fused-ring (bicyclic) bond motifs is 2. The number of alkyl halides is 3. The highest BCUT2D eigenvalue weighted by Crippen LogP contribution is 2.31. The minimum Gasteiger partial charge on any atom is -0.368 e. The molecule has 1 aromatic carbocycles. The number of benzene rings is 1. The van der Waals surface area contributed by atoms with E-state index in [0.29, 0.717) is 30.6 Å². The van der Waals surface area contributed by atoms with Crippen LogP contribution in [0.5, 0.6) is 0 Å². The summed E-state index contributed by atoms with van der Waals surface area (Å²) in [5.74, 6) is -0.222. The first kappa shape index (κ1) is 28.0. The molecule has 2 aromatic rings. The third kappa shape index (κ3) is 6.87. The molecule has 1 saturated heterocycles. The summed E-state index contributed by atoms with van der Waals surface area (Å²) in [5.41, 5.74) is 4.67. The average molecular weight is 531 g/mol. The fourth-order valence-corrected chi connectivity index (χ4v) is 5.66. The van der Waals surface area contributed by atoms with Gasteiger partial charge in [0.2, 0.25) is 0 Å². The molecule has 1 amide bonds. The number of piperidine rings is 1. The van der Waals surface area contributed by atoms with Gasteiger partial charge in [0.15, 0.2) is 0 Å². The number of halogens is 3. The maximum Gasteiger partial charge on any atom is 0.390 e. The van der Waals surface area contributed by atoms with Gasteiger partial charge in [-0.1, -0.05) is 18.2 Å². The Kier molecular flexibility index (Phi) is 8.97. The number of aromatic nitrogens is 1. The number of aryl methyl sites for hydroxylation is 2. The van der Waals surface area contributed by atoms with Gasteiger partial charge in [-0.2, -0.15) is 13.2 Å². The molecule has 4 rings (SSSR count). The van der Waals surface area contributed by atoms with Crippen LogP contribution < -0.4 is 15.8 Å². The van der Waals surface area contributed by atoms with Crippen LogP contribution in [0.15, 0.2) is 41.2 Å². The van der Waals surface area contributed by atoms with Crippen molar-refractivity contribution >= 4 is 11.6 Å². The fraction of sp³-hybridized carbons (Fsp3) is 0.517. The molecule has 1 aromatic heterocycles. The monoisotopic (exact) mass is 530 g/mol. The van der Waals surface area contributed by atoms with E-state index in [1.54, 1.807) is 0 Å². The van der Waals surface area contributed by atoms with Crippen LogP contribution in [0.3, 0.4) is 0 Å². The van der Waals surface area contributed by atoms with Gasteiger partial charge in [-0.05, 0) is 75.3 Å². The number of anilines is 1. The second-order valence-corrected chi connectivity index (χ2v) is 10.2. The van der Waals surface area contributed by atoms with Gasteiger partial charge in [-0.25, -0.2) is 0 Å². The van der Waals surface area contributed by atoms with Crippen molar-refractivity contribution in [2.24, 2.45) is 0 Å². The molecule has 0 radical (unpaired) electrons. The summed E-state index contributed by atoms with van der Waals surface area (Å²) < 4.78 is 38.0. The standard InChI is InChI=1S/C29H37F3N4O2/c1-3-36(22-12-15-35(16-13-22)17-14-29(30,31)32)26-11-7-10-24-23(26)9-6-4-5-8-21-18-20(2)34-28(38)25(21)19-33-27(24)37/h4,6-7,10-11,18,22H,3,5,8-9,12-17,19H2,1-2H3,(H,33,37)(H,34,38)/b6-4+. The highest BCUT2D eigenvalue weighted by Gasteiger charge is 2.31. The summed E-state index contributed by atoms with van der Waals surface area (Å²) in [4.78, 5) is 33.0. The van der Waals surface area contributed by atoms with Crippen LogP contribution in [0.1, 0.15) is 65.3 Å². The fourth-order valence-electron chi connectivity index (χ4n) is 5.66. The smallest absolute Gasteiger partial charge is 0.368 e. The summed E-state index contributed by atoms with van der Waals surface area (Å²) in [5, 5.41) is 2.97. The van der Waals surface area contributed by atoms with Gasteiger partial charge in [0.25, 0.3) is 11.5 Å². The number of carbonyl (C=O) groups excluding carboxylic acids is 1. The van der Waals surface area contributed by atoms with Crippen LogP contribution in [0.25, 0.3) is 0 Å². The Balaban J connectivity index is 1.56. The van der Waals surface area contributed by atoms with Gasteiger partial charge in [0, 0.05) is 61.3 Å². The Morgan fingerprint density at radius 3 is 2.58 bits per heavy atom. The van der Waals surface area contributed by atoms with Crippen LogP contribution in [-0.4, -0.2) is 54.2 Å². The normalized spacial score (nSPS) is 18.5. The number of rotatable bonds is 5. The van der Waals surface area contributed by atoms with Crippen molar-refractivity contribution < 1.29 is 18.0 Å². The third-order valence-electron chi connectivity index (χ3n) is 7.61. The summed E-state index contributed by atoms with van der Waals surface area (Å²) >= 11 is 0. The van der Waals surface area contributed by atoms with E-state index in [1.165, 1.54) is 0 Å². The van der Waals surface area contributed by atoms with Crippen molar-refractivity contribution in [3.63, 3.8) is 0 Å². The molecule has 0 spiro atoms. The van der Waals surface area contributed by atoms with Gasteiger partial charge in [0.05, 0.1) is 6.42 Å². The molecule has 0 atom stereocenters. The molecule has 0 unspecified atom stereocenters. The van der Waals surface area contributed by atoms with Crippen LogP contribution in [0.4, 0.5) is 18.9 Å². The Bertz CT molecular complexity index is 1210. The largest absolute Gasteiger partial charge is 0.390 e. The lowest BCUT2D eigenvalue weighted by atomic mass is 9.95. The minimum atomic E-state index is -4.13. The van der Waals surface area contributed by atoms with E-state index in [1.807, 2.05) is 36.1 Å². The highest BCUT2D eigenvalue weighted by molar-refractivity contribution is 5.97. The van der Waals surface area contributed by atoms with Crippen molar-refractivity contribution in [2.75, 3.05) is 31.1 Å². The maximum absolute atomic E-state index is 13.4. The molecule has 6 nitrogen and oxygen atoms in total. The summed E-state index contributed by atoms with van der Waals surface area (Å²) in [7, 11) is 0. The number of carbonyl (C=O) groups is 1. The van der Waals surface area contributed by atoms with Gasteiger partial charge in [0.1, 0.15) is 0 Å². The second-order valence-electron chi connectivity index (χ2n) is 10.2.